The first kappa shape index (κ1) is 11.5. The summed E-state index contributed by atoms with van der Waals surface area (Å²) in [5, 5.41) is 11.9. The van der Waals surface area contributed by atoms with Gasteiger partial charge in [-0.25, -0.2) is 0 Å². The van der Waals surface area contributed by atoms with Gasteiger partial charge < -0.3 is 26.6 Å². The maximum atomic E-state index is 8.72. The maximum absolute atomic E-state index is 8.72. The van der Waals surface area contributed by atoms with E-state index in [1.54, 1.807) is 0 Å². The van der Waals surface area contributed by atoms with Crippen LogP contribution in [0.15, 0.2) is 11.8 Å². The monoisotopic (exact) mass is 201 g/mol. The first-order valence-corrected chi connectivity index (χ1v) is 4.88. The van der Waals surface area contributed by atoms with Gasteiger partial charge in [-0.05, 0) is 12.5 Å². The number of aliphatic hydroxyl groups excluding tert-OH is 1. The summed E-state index contributed by atoms with van der Waals surface area (Å²) in [6.45, 7) is 1.70. The second-order valence-electron chi connectivity index (χ2n) is 3.47. The molecule has 0 aliphatic carbocycles. The summed E-state index contributed by atoms with van der Waals surface area (Å²) >= 11 is 0. The third-order valence-corrected chi connectivity index (χ3v) is 2.20. The highest BCUT2D eigenvalue weighted by Gasteiger charge is 2.14. The quantitative estimate of drug-likeness (QED) is 0.435. The molecule has 6 N–H and O–H groups in total. The minimum atomic E-state index is -0.199. The average Bonchev–Trinajstić information content (AvgIpc) is 2.26. The molecule has 0 saturated carbocycles. The largest absolute Gasteiger partial charge is 0.495 e. The van der Waals surface area contributed by atoms with Gasteiger partial charge in [0.25, 0.3) is 0 Å². The van der Waals surface area contributed by atoms with Crippen molar-refractivity contribution in [2.45, 2.75) is 18.5 Å². The minimum absolute atomic E-state index is 0.00443. The van der Waals surface area contributed by atoms with Crippen molar-refractivity contribution >= 4 is 0 Å². The third kappa shape index (κ3) is 3.63. The van der Waals surface area contributed by atoms with E-state index in [4.69, 9.17) is 21.3 Å². The Bertz CT molecular complexity index is 196. The predicted octanol–water partition coefficient (Wildman–Crippen LogP) is -1.47. The van der Waals surface area contributed by atoms with E-state index < -0.39 is 0 Å². The van der Waals surface area contributed by atoms with Gasteiger partial charge in [0.2, 0.25) is 0 Å². The van der Waals surface area contributed by atoms with E-state index in [-0.39, 0.29) is 18.7 Å². The summed E-state index contributed by atoms with van der Waals surface area (Å²) in [6.07, 6.45) is 2.90. The van der Waals surface area contributed by atoms with E-state index in [0.29, 0.717) is 19.7 Å². The Morgan fingerprint density at radius 2 is 2.50 bits per heavy atom. The highest BCUT2D eigenvalue weighted by atomic mass is 16.5. The number of hydrogen-bond donors (Lipinski definition) is 4. The molecule has 1 unspecified atom stereocenters. The lowest BCUT2D eigenvalue weighted by Gasteiger charge is -2.24. The second kappa shape index (κ2) is 5.98. The van der Waals surface area contributed by atoms with Crippen molar-refractivity contribution in [1.29, 1.82) is 0 Å². The van der Waals surface area contributed by atoms with E-state index in [1.807, 2.05) is 6.08 Å². The molecule has 14 heavy (non-hydrogen) atoms. The van der Waals surface area contributed by atoms with Crippen molar-refractivity contribution < 1.29 is 9.84 Å². The molecular weight excluding hydrogens is 182 g/mol. The van der Waals surface area contributed by atoms with Crippen molar-refractivity contribution in [2.75, 3.05) is 26.3 Å². The van der Waals surface area contributed by atoms with Crippen LogP contribution in [0.4, 0.5) is 0 Å². The van der Waals surface area contributed by atoms with Crippen LogP contribution < -0.4 is 16.8 Å². The first-order valence-electron chi connectivity index (χ1n) is 4.88. The van der Waals surface area contributed by atoms with Crippen LogP contribution in [0.5, 0.6) is 0 Å². The van der Waals surface area contributed by atoms with Gasteiger partial charge in [-0.15, -0.1) is 0 Å². The van der Waals surface area contributed by atoms with E-state index in [1.165, 1.54) is 0 Å². The fourth-order valence-electron chi connectivity index (χ4n) is 1.28. The van der Waals surface area contributed by atoms with Crippen LogP contribution in [0.3, 0.4) is 0 Å². The van der Waals surface area contributed by atoms with E-state index in [2.05, 4.69) is 5.32 Å². The number of rotatable bonds is 5. The van der Waals surface area contributed by atoms with E-state index in [9.17, 15) is 0 Å². The van der Waals surface area contributed by atoms with Gasteiger partial charge in [0.15, 0.2) is 0 Å². The molecule has 0 aromatic rings. The fourth-order valence-corrected chi connectivity index (χ4v) is 1.28. The van der Waals surface area contributed by atoms with Gasteiger partial charge in [-0.1, -0.05) is 0 Å². The van der Waals surface area contributed by atoms with Crippen molar-refractivity contribution in [3.63, 3.8) is 0 Å². The van der Waals surface area contributed by atoms with Gasteiger partial charge in [0.05, 0.1) is 13.2 Å². The van der Waals surface area contributed by atoms with Crippen LogP contribution in [-0.2, 0) is 4.74 Å². The van der Waals surface area contributed by atoms with Crippen LogP contribution in [0.1, 0.15) is 6.42 Å². The predicted molar refractivity (Wildman–Crippen MR) is 54.6 cm³/mol. The summed E-state index contributed by atoms with van der Waals surface area (Å²) in [5.41, 5.74) is 11.0. The fraction of sp³-hybridized carbons (Fsp3) is 0.778. The first-order chi connectivity index (χ1) is 6.76. The van der Waals surface area contributed by atoms with Gasteiger partial charge in [0.1, 0.15) is 12.4 Å². The SMILES string of the molecule is NCC1=CC[C@@H](NCC(N)CO)CO1. The number of nitrogens with one attached hydrogen (secondary N) is 1. The van der Waals surface area contributed by atoms with Crippen LogP contribution in [0.2, 0.25) is 0 Å². The number of ether oxygens (including phenoxy) is 1. The van der Waals surface area contributed by atoms with Gasteiger partial charge in [-0.2, -0.15) is 0 Å². The van der Waals surface area contributed by atoms with Crippen molar-refractivity contribution in [2.24, 2.45) is 11.5 Å². The lowest BCUT2D eigenvalue weighted by Crippen LogP contribution is -2.44. The molecule has 0 radical (unpaired) electrons. The van der Waals surface area contributed by atoms with Crippen molar-refractivity contribution in [3.8, 4) is 0 Å². The highest BCUT2D eigenvalue weighted by molar-refractivity contribution is 5.00. The lowest BCUT2D eigenvalue weighted by atomic mass is 10.1. The molecule has 2 atom stereocenters. The lowest BCUT2D eigenvalue weighted by molar-refractivity contribution is 0.156. The summed E-state index contributed by atoms with van der Waals surface area (Å²) in [7, 11) is 0. The number of aliphatic hydroxyl groups is 1. The summed E-state index contributed by atoms with van der Waals surface area (Å²) in [5.74, 6) is 0.856. The zero-order chi connectivity index (χ0) is 10.4. The Balaban J connectivity index is 2.19. The molecule has 0 fully saturated rings. The molecule has 0 saturated heterocycles. The zero-order valence-electron chi connectivity index (χ0n) is 8.28. The Morgan fingerprint density at radius 3 is 3.00 bits per heavy atom. The molecule has 0 bridgehead atoms. The van der Waals surface area contributed by atoms with Gasteiger partial charge >= 0.3 is 0 Å². The Morgan fingerprint density at radius 1 is 1.71 bits per heavy atom. The molecule has 0 spiro atoms. The number of hydrogen-bond acceptors (Lipinski definition) is 5. The highest BCUT2D eigenvalue weighted by Crippen LogP contribution is 2.09. The summed E-state index contributed by atoms with van der Waals surface area (Å²) in [6, 6.07) is 0.0813. The molecule has 0 aromatic carbocycles. The average molecular weight is 201 g/mol. The molecule has 0 amide bonds. The molecule has 5 nitrogen and oxygen atoms in total. The van der Waals surface area contributed by atoms with Crippen molar-refractivity contribution in [1.82, 2.24) is 5.32 Å². The van der Waals surface area contributed by atoms with Gasteiger partial charge in [0, 0.05) is 18.6 Å². The smallest absolute Gasteiger partial charge is 0.106 e. The Kier molecular flexibility index (Phi) is 4.89. The molecule has 0 aromatic heterocycles. The van der Waals surface area contributed by atoms with Crippen LogP contribution in [-0.4, -0.2) is 43.5 Å². The number of nitrogens with two attached hydrogens (primary N) is 2. The van der Waals surface area contributed by atoms with Crippen LogP contribution in [0, 0.1) is 0 Å². The second-order valence-corrected chi connectivity index (χ2v) is 3.47. The van der Waals surface area contributed by atoms with Crippen molar-refractivity contribution in [3.05, 3.63) is 11.8 Å². The van der Waals surface area contributed by atoms with Crippen LogP contribution >= 0.6 is 0 Å². The van der Waals surface area contributed by atoms with E-state index in [0.717, 1.165) is 12.2 Å². The summed E-state index contributed by atoms with van der Waals surface area (Å²) < 4.78 is 5.38. The zero-order valence-corrected chi connectivity index (χ0v) is 8.28. The summed E-state index contributed by atoms with van der Waals surface area (Å²) in [4.78, 5) is 0. The third-order valence-electron chi connectivity index (χ3n) is 2.20. The normalized spacial score (nSPS) is 23.9. The minimum Gasteiger partial charge on any atom is -0.495 e. The molecule has 1 aliphatic heterocycles. The molecule has 1 heterocycles. The Labute approximate surface area is 84.1 Å². The molecular formula is C9H19N3O2. The topological polar surface area (TPSA) is 93.5 Å². The molecule has 1 rings (SSSR count). The van der Waals surface area contributed by atoms with E-state index >= 15 is 0 Å². The van der Waals surface area contributed by atoms with Crippen LogP contribution in [0.25, 0.3) is 0 Å². The molecule has 82 valence electrons. The van der Waals surface area contributed by atoms with Gasteiger partial charge in [-0.3, -0.25) is 0 Å². The Hall–Kier alpha value is -0.620. The molecule has 1 aliphatic rings. The molecule has 5 heteroatoms. The standard InChI is InChI=1S/C9H19N3O2/c10-3-9-2-1-8(6-14-9)12-4-7(11)5-13/h2,7-8,12-13H,1,3-6,10-11H2/t7?,8-/m1/s1. The maximum Gasteiger partial charge on any atom is 0.106 e.